The van der Waals surface area contributed by atoms with Crippen molar-refractivity contribution in [3.8, 4) is 5.75 Å². The van der Waals surface area contributed by atoms with Gasteiger partial charge in [0.05, 0.1) is 13.0 Å². The number of carbonyl (C=O) groups excluding carboxylic acids is 1. The molecule has 0 saturated carbocycles. The molecule has 4 nitrogen and oxygen atoms in total. The van der Waals surface area contributed by atoms with Crippen LogP contribution in [0.1, 0.15) is 22.3 Å². The van der Waals surface area contributed by atoms with E-state index >= 15 is 0 Å². The van der Waals surface area contributed by atoms with E-state index < -0.39 is 23.4 Å². The topological polar surface area (TPSA) is 63.6 Å². The Hall–Kier alpha value is -3.02. The number of rotatable bonds is 7. The maximum atomic E-state index is 13.1. The van der Waals surface area contributed by atoms with E-state index in [1.165, 1.54) is 18.2 Å². The van der Waals surface area contributed by atoms with Crippen molar-refractivity contribution in [2.75, 3.05) is 6.61 Å². The molecular formula is C18H14F2O4. The molecule has 1 N–H and O–H groups in total. The van der Waals surface area contributed by atoms with Gasteiger partial charge in [0.25, 0.3) is 0 Å². The van der Waals surface area contributed by atoms with E-state index in [0.717, 1.165) is 12.1 Å². The highest BCUT2D eigenvalue weighted by atomic mass is 19.2. The van der Waals surface area contributed by atoms with Crippen LogP contribution in [0.25, 0.3) is 6.08 Å². The number of aliphatic carboxylic acids is 1. The smallest absolute Gasteiger partial charge is 0.306 e. The fourth-order valence-electron chi connectivity index (χ4n) is 1.85. The van der Waals surface area contributed by atoms with E-state index in [0.29, 0.717) is 11.3 Å². The van der Waals surface area contributed by atoms with Crippen LogP contribution in [-0.2, 0) is 4.79 Å². The number of carboxylic acids is 1. The lowest BCUT2D eigenvalue weighted by atomic mass is 10.1. The van der Waals surface area contributed by atoms with Crippen LogP contribution in [0.15, 0.2) is 48.5 Å². The second kappa shape index (κ2) is 8.01. The molecule has 0 spiro atoms. The molecule has 0 amide bonds. The fourth-order valence-corrected chi connectivity index (χ4v) is 1.85. The van der Waals surface area contributed by atoms with Gasteiger partial charge in [0.1, 0.15) is 5.75 Å². The summed E-state index contributed by atoms with van der Waals surface area (Å²) in [5, 5.41) is 8.52. The minimum absolute atomic E-state index is 0.0544. The van der Waals surface area contributed by atoms with Crippen molar-refractivity contribution < 1.29 is 28.2 Å². The first-order valence-corrected chi connectivity index (χ1v) is 7.08. The minimum atomic E-state index is -1.07. The Balaban J connectivity index is 1.97. The lowest BCUT2D eigenvalue weighted by Crippen LogP contribution is -2.04. The average molecular weight is 332 g/mol. The van der Waals surface area contributed by atoms with Crippen molar-refractivity contribution in [3.05, 3.63) is 71.3 Å². The Morgan fingerprint density at radius 3 is 2.38 bits per heavy atom. The van der Waals surface area contributed by atoms with Crippen LogP contribution in [0.3, 0.4) is 0 Å². The molecule has 2 aromatic rings. The first kappa shape index (κ1) is 17.3. The van der Waals surface area contributed by atoms with Crippen LogP contribution in [-0.4, -0.2) is 23.5 Å². The molecule has 2 rings (SSSR count). The van der Waals surface area contributed by atoms with Crippen molar-refractivity contribution in [2.24, 2.45) is 0 Å². The quantitative estimate of drug-likeness (QED) is 0.620. The van der Waals surface area contributed by atoms with E-state index in [-0.39, 0.29) is 18.6 Å². The molecule has 0 aliphatic rings. The van der Waals surface area contributed by atoms with Crippen LogP contribution in [0.2, 0.25) is 0 Å². The summed E-state index contributed by atoms with van der Waals surface area (Å²) in [5.41, 5.74) is 0.760. The summed E-state index contributed by atoms with van der Waals surface area (Å²) in [6, 6.07) is 9.62. The van der Waals surface area contributed by atoms with Gasteiger partial charge in [-0.25, -0.2) is 8.78 Å². The largest absolute Gasteiger partial charge is 0.493 e. The molecule has 24 heavy (non-hydrogen) atoms. The zero-order valence-corrected chi connectivity index (χ0v) is 12.5. The van der Waals surface area contributed by atoms with Gasteiger partial charge in [-0.2, -0.15) is 0 Å². The van der Waals surface area contributed by atoms with Gasteiger partial charge in [0.2, 0.25) is 0 Å². The Morgan fingerprint density at radius 2 is 1.75 bits per heavy atom. The van der Waals surface area contributed by atoms with Crippen LogP contribution < -0.4 is 4.74 Å². The van der Waals surface area contributed by atoms with E-state index in [9.17, 15) is 18.4 Å². The fraction of sp³-hybridized carbons (Fsp3) is 0.111. The van der Waals surface area contributed by atoms with E-state index in [1.807, 2.05) is 0 Å². The first-order chi connectivity index (χ1) is 11.5. The molecule has 0 fully saturated rings. The molecule has 6 heteroatoms. The molecular weight excluding hydrogens is 318 g/mol. The number of benzene rings is 2. The third-order valence-electron chi connectivity index (χ3n) is 3.10. The summed E-state index contributed by atoms with van der Waals surface area (Å²) in [6.45, 7) is 0.0686. The van der Waals surface area contributed by atoms with Crippen LogP contribution >= 0.6 is 0 Å². The van der Waals surface area contributed by atoms with Crippen molar-refractivity contribution in [1.82, 2.24) is 0 Å². The summed E-state index contributed by atoms with van der Waals surface area (Å²) >= 11 is 0. The van der Waals surface area contributed by atoms with Crippen molar-refractivity contribution in [3.63, 3.8) is 0 Å². The number of ether oxygens (including phenoxy) is 1. The van der Waals surface area contributed by atoms with Gasteiger partial charge in [-0.1, -0.05) is 18.2 Å². The van der Waals surface area contributed by atoms with Gasteiger partial charge in [-0.3, -0.25) is 9.59 Å². The van der Waals surface area contributed by atoms with Gasteiger partial charge in [-0.15, -0.1) is 0 Å². The standard InChI is InChI=1S/C18H14F2O4/c19-15-7-4-13(11-16(15)20)17(21)8-3-12-1-5-14(6-2-12)24-10-9-18(22)23/h1-8,11H,9-10H2,(H,22,23)/b8-3+. The van der Waals surface area contributed by atoms with E-state index in [2.05, 4.69) is 0 Å². The zero-order chi connectivity index (χ0) is 17.5. The molecule has 0 unspecified atom stereocenters. The second-order valence-corrected chi connectivity index (χ2v) is 4.89. The molecule has 0 aliphatic heterocycles. The lowest BCUT2D eigenvalue weighted by Gasteiger charge is -2.04. The predicted octanol–water partition coefficient (Wildman–Crippen LogP) is 3.71. The predicted molar refractivity (Wildman–Crippen MR) is 83.9 cm³/mol. The van der Waals surface area contributed by atoms with Crippen LogP contribution in [0.5, 0.6) is 5.75 Å². The summed E-state index contributed by atoms with van der Waals surface area (Å²) in [7, 11) is 0. The van der Waals surface area contributed by atoms with Gasteiger partial charge < -0.3 is 9.84 Å². The number of carbonyl (C=O) groups is 2. The molecule has 0 heterocycles. The summed E-state index contributed by atoms with van der Waals surface area (Å²) < 4.78 is 31.2. The molecule has 0 bridgehead atoms. The van der Waals surface area contributed by atoms with Crippen molar-refractivity contribution in [1.29, 1.82) is 0 Å². The zero-order valence-electron chi connectivity index (χ0n) is 12.5. The maximum Gasteiger partial charge on any atom is 0.306 e. The van der Waals surface area contributed by atoms with Crippen LogP contribution in [0.4, 0.5) is 8.78 Å². The number of allylic oxidation sites excluding steroid dienone is 1. The summed E-state index contributed by atoms with van der Waals surface area (Å²) in [5.74, 6) is -2.95. The normalized spacial score (nSPS) is 10.8. The number of ketones is 1. The molecule has 0 aromatic heterocycles. The molecule has 0 saturated heterocycles. The highest BCUT2D eigenvalue weighted by Gasteiger charge is 2.07. The molecule has 124 valence electrons. The third-order valence-corrected chi connectivity index (χ3v) is 3.10. The lowest BCUT2D eigenvalue weighted by molar-refractivity contribution is -0.137. The van der Waals surface area contributed by atoms with Gasteiger partial charge in [0, 0.05) is 5.56 Å². The highest BCUT2D eigenvalue weighted by molar-refractivity contribution is 6.06. The number of hydrogen-bond donors (Lipinski definition) is 1. The Bertz CT molecular complexity index is 767. The second-order valence-electron chi connectivity index (χ2n) is 4.89. The summed E-state index contributed by atoms with van der Waals surface area (Å²) in [4.78, 5) is 22.3. The van der Waals surface area contributed by atoms with Crippen molar-refractivity contribution in [2.45, 2.75) is 6.42 Å². The van der Waals surface area contributed by atoms with E-state index in [1.54, 1.807) is 24.3 Å². The van der Waals surface area contributed by atoms with Gasteiger partial charge in [-0.05, 0) is 42.0 Å². The van der Waals surface area contributed by atoms with E-state index in [4.69, 9.17) is 9.84 Å². The Morgan fingerprint density at radius 1 is 1.04 bits per heavy atom. The Kier molecular flexibility index (Phi) is 5.78. The number of carboxylic acid groups (broad SMARTS) is 1. The van der Waals surface area contributed by atoms with Crippen molar-refractivity contribution >= 4 is 17.8 Å². The Labute approximate surface area is 137 Å². The molecule has 2 aromatic carbocycles. The summed E-state index contributed by atoms with van der Waals surface area (Å²) in [6.07, 6.45) is 2.70. The number of hydrogen-bond acceptors (Lipinski definition) is 3. The first-order valence-electron chi connectivity index (χ1n) is 7.08. The molecule has 0 radical (unpaired) electrons. The SMILES string of the molecule is O=C(O)CCOc1ccc(/C=C/C(=O)c2ccc(F)c(F)c2)cc1. The maximum absolute atomic E-state index is 13.1. The molecule has 0 aliphatic carbocycles. The minimum Gasteiger partial charge on any atom is -0.493 e. The average Bonchev–Trinajstić information content (AvgIpc) is 2.56. The highest BCUT2D eigenvalue weighted by Crippen LogP contribution is 2.15. The third kappa shape index (κ3) is 5.01. The van der Waals surface area contributed by atoms with Crippen LogP contribution in [0, 0.1) is 11.6 Å². The van der Waals surface area contributed by atoms with Gasteiger partial charge >= 0.3 is 5.97 Å². The monoisotopic (exact) mass is 332 g/mol. The molecule has 0 atom stereocenters. The number of halogens is 2. The van der Waals surface area contributed by atoms with Gasteiger partial charge in [0.15, 0.2) is 17.4 Å².